The van der Waals surface area contributed by atoms with Crippen molar-refractivity contribution in [2.24, 2.45) is 4.99 Å². The van der Waals surface area contributed by atoms with Crippen LogP contribution in [0.2, 0.25) is 0 Å². The van der Waals surface area contributed by atoms with Gasteiger partial charge in [0.05, 0.1) is 28.3 Å². The number of terminal acetylenes is 1. The molecule has 7 nitrogen and oxygen atoms in total. The van der Waals surface area contributed by atoms with Gasteiger partial charge < -0.3 is 9.30 Å². The monoisotopic (exact) mass is 413 g/mol. The number of nitro groups is 1. The van der Waals surface area contributed by atoms with Gasteiger partial charge in [0.1, 0.15) is 5.75 Å². The molecular weight excluding hydrogens is 398 g/mol. The van der Waals surface area contributed by atoms with Crippen LogP contribution in [0.25, 0.3) is 16.3 Å². The first-order chi connectivity index (χ1) is 13.5. The van der Waals surface area contributed by atoms with Gasteiger partial charge in [-0.3, -0.25) is 14.9 Å². The molecule has 0 fully saturated rings. The predicted molar refractivity (Wildman–Crippen MR) is 110 cm³/mol. The molecule has 2 aromatic heterocycles. The van der Waals surface area contributed by atoms with Crippen molar-refractivity contribution in [2.75, 3.05) is 6.61 Å². The van der Waals surface area contributed by atoms with Crippen molar-refractivity contribution in [1.29, 1.82) is 0 Å². The maximum absolute atomic E-state index is 12.3. The average molecular weight is 413 g/mol. The first kappa shape index (κ1) is 19.5. The SMILES string of the molecule is C#CCn1c(=NC(=O)/C=C\c2ccc([N+](=O)[O-])s2)sc2cc(OCC)ccc21. The molecule has 0 N–H and O–H groups in total. The van der Waals surface area contributed by atoms with Crippen LogP contribution in [0.3, 0.4) is 0 Å². The fourth-order valence-electron chi connectivity index (χ4n) is 2.45. The number of hydrogen-bond donors (Lipinski definition) is 0. The van der Waals surface area contributed by atoms with Crippen LogP contribution in [0.15, 0.2) is 41.4 Å². The fraction of sp³-hybridized carbons (Fsp3) is 0.158. The van der Waals surface area contributed by atoms with Gasteiger partial charge in [0.2, 0.25) is 0 Å². The standard InChI is InChI=1S/C19H15N3O4S2/c1-3-11-21-15-8-5-13(26-4-2)12-16(15)28-19(21)20-17(23)9-6-14-7-10-18(27-14)22(24)25/h1,5-10,12H,4,11H2,2H3/b9-6-,20-19?. The van der Waals surface area contributed by atoms with Gasteiger partial charge >= 0.3 is 5.00 Å². The molecule has 9 heteroatoms. The van der Waals surface area contributed by atoms with Crippen LogP contribution in [-0.4, -0.2) is 22.0 Å². The summed E-state index contributed by atoms with van der Waals surface area (Å²) in [6.45, 7) is 2.74. The zero-order valence-electron chi connectivity index (χ0n) is 14.8. The minimum atomic E-state index is -0.474. The Labute approximate surface area is 168 Å². The van der Waals surface area contributed by atoms with Gasteiger partial charge in [-0.05, 0) is 37.3 Å². The minimum Gasteiger partial charge on any atom is -0.494 e. The third kappa shape index (κ3) is 4.36. The van der Waals surface area contributed by atoms with Crippen molar-refractivity contribution in [3.63, 3.8) is 0 Å². The first-order valence-electron chi connectivity index (χ1n) is 8.22. The molecular formula is C19H15N3O4S2. The number of ether oxygens (including phenoxy) is 1. The Morgan fingerprint density at radius 2 is 2.21 bits per heavy atom. The molecule has 1 aromatic carbocycles. The van der Waals surface area contributed by atoms with E-state index in [9.17, 15) is 14.9 Å². The smallest absolute Gasteiger partial charge is 0.324 e. The van der Waals surface area contributed by atoms with Crippen LogP contribution < -0.4 is 9.54 Å². The number of hydrogen-bond acceptors (Lipinski definition) is 6. The summed E-state index contributed by atoms with van der Waals surface area (Å²) >= 11 is 2.33. The molecule has 0 aliphatic heterocycles. The Morgan fingerprint density at radius 3 is 2.89 bits per heavy atom. The average Bonchev–Trinajstić information content (AvgIpc) is 3.26. The molecule has 28 heavy (non-hydrogen) atoms. The van der Waals surface area contributed by atoms with Crippen molar-refractivity contribution < 1.29 is 14.5 Å². The van der Waals surface area contributed by atoms with E-state index in [1.165, 1.54) is 29.6 Å². The van der Waals surface area contributed by atoms with E-state index in [1.54, 1.807) is 10.6 Å². The lowest BCUT2D eigenvalue weighted by Gasteiger charge is -2.03. The first-order valence-corrected chi connectivity index (χ1v) is 9.85. The Hall–Kier alpha value is -3.22. The van der Waals surface area contributed by atoms with E-state index in [0.29, 0.717) is 16.3 Å². The summed E-state index contributed by atoms with van der Waals surface area (Å²) < 4.78 is 8.21. The van der Waals surface area contributed by atoms with Crippen LogP contribution in [0.4, 0.5) is 5.00 Å². The summed E-state index contributed by atoms with van der Waals surface area (Å²) in [5, 5.41) is 10.7. The summed E-state index contributed by atoms with van der Waals surface area (Å²) in [4.78, 5) is 27.7. The lowest BCUT2D eigenvalue weighted by Crippen LogP contribution is -2.15. The predicted octanol–water partition coefficient (Wildman–Crippen LogP) is 3.85. The lowest BCUT2D eigenvalue weighted by atomic mass is 10.3. The van der Waals surface area contributed by atoms with Crippen LogP contribution in [0.5, 0.6) is 5.75 Å². The van der Waals surface area contributed by atoms with Gasteiger partial charge in [-0.1, -0.05) is 28.6 Å². The molecule has 142 valence electrons. The molecule has 0 atom stereocenters. The summed E-state index contributed by atoms with van der Waals surface area (Å²) in [5.41, 5.74) is 0.871. The van der Waals surface area contributed by atoms with Crippen LogP contribution in [0, 0.1) is 22.5 Å². The summed E-state index contributed by atoms with van der Waals surface area (Å²) in [5.74, 6) is 2.84. The van der Waals surface area contributed by atoms with Gasteiger partial charge in [0.15, 0.2) is 4.80 Å². The maximum atomic E-state index is 12.3. The molecule has 0 aliphatic carbocycles. The van der Waals surface area contributed by atoms with Crippen molar-refractivity contribution in [3.8, 4) is 18.1 Å². The van der Waals surface area contributed by atoms with E-state index in [0.717, 1.165) is 27.3 Å². The van der Waals surface area contributed by atoms with Crippen molar-refractivity contribution in [1.82, 2.24) is 4.57 Å². The summed E-state index contributed by atoms with van der Waals surface area (Å²) in [6.07, 6.45) is 8.26. The van der Waals surface area contributed by atoms with E-state index >= 15 is 0 Å². The highest BCUT2D eigenvalue weighted by Crippen LogP contribution is 2.25. The second-order valence-electron chi connectivity index (χ2n) is 5.45. The van der Waals surface area contributed by atoms with E-state index in [-0.39, 0.29) is 11.5 Å². The highest BCUT2D eigenvalue weighted by molar-refractivity contribution is 7.16. The molecule has 0 aliphatic rings. The number of carbonyl (C=O) groups excluding carboxylic acids is 1. The molecule has 1 amide bonds. The maximum Gasteiger partial charge on any atom is 0.324 e. The number of thiazole rings is 1. The number of benzene rings is 1. The lowest BCUT2D eigenvalue weighted by molar-refractivity contribution is -0.380. The largest absolute Gasteiger partial charge is 0.494 e. The molecule has 0 unspecified atom stereocenters. The molecule has 0 saturated heterocycles. The van der Waals surface area contributed by atoms with Crippen molar-refractivity contribution >= 4 is 49.9 Å². The van der Waals surface area contributed by atoms with Crippen LogP contribution >= 0.6 is 22.7 Å². The molecule has 3 rings (SSSR count). The van der Waals surface area contributed by atoms with Gasteiger partial charge in [0, 0.05) is 17.0 Å². The number of nitrogens with zero attached hydrogens (tertiary/aromatic N) is 3. The van der Waals surface area contributed by atoms with Crippen molar-refractivity contribution in [3.05, 3.63) is 56.2 Å². The Kier molecular flexibility index (Phi) is 6.03. The second-order valence-corrected chi connectivity index (χ2v) is 7.56. The summed E-state index contributed by atoms with van der Waals surface area (Å²) in [6, 6.07) is 8.61. The second kappa shape index (κ2) is 8.65. The quantitative estimate of drug-likeness (QED) is 0.266. The minimum absolute atomic E-state index is 0.0190. The van der Waals surface area contributed by atoms with Gasteiger partial charge in [-0.15, -0.1) is 6.42 Å². The highest BCUT2D eigenvalue weighted by atomic mass is 32.1. The Bertz CT molecular complexity index is 1180. The molecule has 0 saturated carbocycles. The Balaban J connectivity index is 1.93. The Morgan fingerprint density at radius 1 is 1.39 bits per heavy atom. The molecule has 3 aromatic rings. The van der Waals surface area contributed by atoms with Gasteiger partial charge in [0.25, 0.3) is 5.91 Å². The number of amides is 1. The summed E-state index contributed by atoms with van der Waals surface area (Å²) in [7, 11) is 0. The van der Waals surface area contributed by atoms with Gasteiger partial charge in [-0.25, -0.2) is 0 Å². The normalized spacial score (nSPS) is 11.8. The van der Waals surface area contributed by atoms with Crippen LogP contribution in [-0.2, 0) is 11.3 Å². The third-order valence-electron chi connectivity index (χ3n) is 3.60. The topological polar surface area (TPSA) is 86.7 Å². The van der Waals surface area contributed by atoms with Gasteiger partial charge in [-0.2, -0.15) is 4.99 Å². The highest BCUT2D eigenvalue weighted by Gasteiger charge is 2.09. The fourth-order valence-corrected chi connectivity index (χ4v) is 4.24. The number of thiophene rings is 1. The number of fused-ring (bicyclic) bond motifs is 1. The van der Waals surface area contributed by atoms with Crippen molar-refractivity contribution in [2.45, 2.75) is 13.5 Å². The number of rotatable bonds is 6. The van der Waals surface area contributed by atoms with E-state index in [1.807, 2.05) is 25.1 Å². The molecule has 0 bridgehead atoms. The number of aromatic nitrogens is 1. The van der Waals surface area contributed by atoms with E-state index in [4.69, 9.17) is 11.2 Å². The van der Waals surface area contributed by atoms with E-state index < -0.39 is 10.8 Å². The molecule has 2 heterocycles. The third-order valence-corrected chi connectivity index (χ3v) is 5.65. The molecule has 0 radical (unpaired) electrons. The zero-order valence-corrected chi connectivity index (χ0v) is 16.5. The van der Waals surface area contributed by atoms with Crippen LogP contribution in [0.1, 0.15) is 11.8 Å². The zero-order chi connectivity index (χ0) is 20.1. The molecule has 0 spiro atoms. The van der Waals surface area contributed by atoms with E-state index in [2.05, 4.69) is 10.9 Å². The number of carbonyl (C=O) groups is 1.